The van der Waals surface area contributed by atoms with Crippen molar-refractivity contribution in [3.05, 3.63) is 23.8 Å². The van der Waals surface area contributed by atoms with Crippen LogP contribution in [0.1, 0.15) is 12.8 Å². The molecule has 1 aromatic carbocycles. The fourth-order valence-corrected chi connectivity index (χ4v) is 2.72. The van der Waals surface area contributed by atoms with E-state index in [1.165, 1.54) is 0 Å². The number of nitrogen functional groups attached to an aromatic ring is 1. The van der Waals surface area contributed by atoms with E-state index in [1.807, 2.05) is 0 Å². The van der Waals surface area contributed by atoms with Crippen LogP contribution in [0.25, 0.3) is 0 Å². The average molecular weight is 306 g/mol. The molecule has 0 aromatic heterocycles. The second-order valence-electron chi connectivity index (χ2n) is 4.69. The van der Waals surface area contributed by atoms with Gasteiger partial charge in [0, 0.05) is 13.2 Å². The zero-order chi connectivity index (χ0) is 14.8. The van der Waals surface area contributed by atoms with Crippen LogP contribution in [0, 0.1) is 17.6 Å². The van der Waals surface area contributed by atoms with Crippen molar-refractivity contribution < 1.29 is 21.9 Å². The second-order valence-corrected chi connectivity index (χ2v) is 6.42. The minimum Gasteiger partial charge on any atom is -0.394 e. The molecule has 0 unspecified atom stereocenters. The monoisotopic (exact) mass is 306 g/mol. The predicted molar refractivity (Wildman–Crippen MR) is 69.5 cm³/mol. The summed E-state index contributed by atoms with van der Waals surface area (Å²) in [6, 6.07) is 1.66. The van der Waals surface area contributed by atoms with Crippen molar-refractivity contribution in [2.75, 3.05) is 25.5 Å². The van der Waals surface area contributed by atoms with Gasteiger partial charge in [0.15, 0.2) is 5.82 Å². The van der Waals surface area contributed by atoms with E-state index in [1.54, 1.807) is 0 Å². The van der Waals surface area contributed by atoms with Crippen LogP contribution in [0.2, 0.25) is 0 Å². The molecule has 0 heterocycles. The smallest absolute Gasteiger partial charge is 0.243 e. The van der Waals surface area contributed by atoms with Gasteiger partial charge in [-0.1, -0.05) is 0 Å². The summed E-state index contributed by atoms with van der Waals surface area (Å²) in [6.45, 7) is 0.833. The van der Waals surface area contributed by atoms with Gasteiger partial charge in [-0.3, -0.25) is 0 Å². The SMILES string of the molecule is Nc1c(F)ccc(S(=O)(=O)NCCOCC2CC2)c1F. The average Bonchev–Trinajstić information content (AvgIpc) is 3.19. The molecule has 20 heavy (non-hydrogen) atoms. The summed E-state index contributed by atoms with van der Waals surface area (Å²) < 4.78 is 57.7. The third-order valence-electron chi connectivity index (χ3n) is 2.97. The van der Waals surface area contributed by atoms with Gasteiger partial charge in [-0.05, 0) is 30.9 Å². The Labute approximate surface area is 116 Å². The van der Waals surface area contributed by atoms with Gasteiger partial charge in [0.1, 0.15) is 16.4 Å². The topological polar surface area (TPSA) is 81.4 Å². The van der Waals surface area contributed by atoms with Gasteiger partial charge in [-0.2, -0.15) is 0 Å². The summed E-state index contributed by atoms with van der Waals surface area (Å²) >= 11 is 0. The van der Waals surface area contributed by atoms with Gasteiger partial charge in [-0.25, -0.2) is 21.9 Å². The van der Waals surface area contributed by atoms with E-state index in [0.29, 0.717) is 12.5 Å². The zero-order valence-corrected chi connectivity index (χ0v) is 11.6. The number of benzene rings is 1. The number of ether oxygens (including phenoxy) is 1. The molecule has 5 nitrogen and oxygen atoms in total. The number of nitrogens with two attached hydrogens (primary N) is 1. The number of anilines is 1. The van der Waals surface area contributed by atoms with E-state index in [9.17, 15) is 17.2 Å². The summed E-state index contributed by atoms with van der Waals surface area (Å²) in [5.74, 6) is -1.69. The second kappa shape index (κ2) is 6.02. The van der Waals surface area contributed by atoms with Gasteiger partial charge < -0.3 is 10.5 Å². The molecule has 0 radical (unpaired) electrons. The van der Waals surface area contributed by atoms with Crippen molar-refractivity contribution in [1.29, 1.82) is 0 Å². The third-order valence-corrected chi connectivity index (χ3v) is 4.45. The van der Waals surface area contributed by atoms with E-state index < -0.39 is 32.2 Å². The van der Waals surface area contributed by atoms with Crippen molar-refractivity contribution >= 4 is 15.7 Å². The van der Waals surface area contributed by atoms with Gasteiger partial charge >= 0.3 is 0 Å². The maximum atomic E-state index is 13.6. The normalized spacial score (nSPS) is 15.5. The fraction of sp³-hybridized carbons (Fsp3) is 0.500. The molecule has 1 fully saturated rings. The highest BCUT2D eigenvalue weighted by molar-refractivity contribution is 7.89. The van der Waals surface area contributed by atoms with Crippen molar-refractivity contribution in [1.82, 2.24) is 4.72 Å². The van der Waals surface area contributed by atoms with Crippen molar-refractivity contribution in [3.8, 4) is 0 Å². The highest BCUT2D eigenvalue weighted by atomic mass is 32.2. The number of nitrogens with one attached hydrogen (secondary N) is 1. The Morgan fingerprint density at radius 3 is 2.70 bits per heavy atom. The van der Waals surface area contributed by atoms with Gasteiger partial charge in [0.05, 0.1) is 6.61 Å². The van der Waals surface area contributed by atoms with Crippen LogP contribution in [0.5, 0.6) is 0 Å². The first-order valence-electron chi connectivity index (χ1n) is 6.22. The molecule has 112 valence electrons. The highest BCUT2D eigenvalue weighted by Gasteiger charge is 2.23. The number of hydrogen-bond acceptors (Lipinski definition) is 4. The van der Waals surface area contributed by atoms with Crippen LogP contribution in [-0.2, 0) is 14.8 Å². The van der Waals surface area contributed by atoms with Gasteiger partial charge in [0.2, 0.25) is 10.0 Å². The Morgan fingerprint density at radius 1 is 1.35 bits per heavy atom. The van der Waals surface area contributed by atoms with Crippen molar-refractivity contribution in [3.63, 3.8) is 0 Å². The Bertz CT molecular complexity index is 589. The molecule has 1 aromatic rings. The van der Waals surface area contributed by atoms with Crippen molar-refractivity contribution in [2.24, 2.45) is 5.92 Å². The molecule has 3 N–H and O–H groups in total. The van der Waals surface area contributed by atoms with E-state index in [2.05, 4.69) is 4.72 Å². The molecular formula is C12H16F2N2O3S. The van der Waals surface area contributed by atoms with E-state index >= 15 is 0 Å². The maximum absolute atomic E-state index is 13.6. The van der Waals surface area contributed by atoms with E-state index in [-0.39, 0.29) is 13.2 Å². The molecule has 0 amide bonds. The minimum absolute atomic E-state index is 0.0196. The summed E-state index contributed by atoms with van der Waals surface area (Å²) in [4.78, 5) is -0.668. The Hall–Kier alpha value is -1.25. The van der Waals surface area contributed by atoms with E-state index in [0.717, 1.165) is 25.0 Å². The molecule has 8 heteroatoms. The number of sulfonamides is 1. The molecule has 1 saturated carbocycles. The highest BCUT2D eigenvalue weighted by Crippen LogP contribution is 2.28. The lowest BCUT2D eigenvalue weighted by atomic mass is 10.3. The lowest BCUT2D eigenvalue weighted by Crippen LogP contribution is -2.28. The Balaban J connectivity index is 1.93. The molecule has 1 aliphatic carbocycles. The molecular weight excluding hydrogens is 290 g/mol. The molecule has 2 rings (SSSR count). The Morgan fingerprint density at radius 2 is 2.05 bits per heavy atom. The number of hydrogen-bond donors (Lipinski definition) is 2. The quantitative estimate of drug-likeness (QED) is 0.587. The molecule has 0 bridgehead atoms. The first kappa shape index (κ1) is 15.1. The zero-order valence-electron chi connectivity index (χ0n) is 10.7. The Kier molecular flexibility index (Phi) is 4.56. The van der Waals surface area contributed by atoms with Crippen LogP contribution in [0.3, 0.4) is 0 Å². The maximum Gasteiger partial charge on any atom is 0.243 e. The van der Waals surface area contributed by atoms with Crippen LogP contribution >= 0.6 is 0 Å². The molecule has 0 atom stereocenters. The first-order valence-corrected chi connectivity index (χ1v) is 7.71. The molecule has 1 aliphatic rings. The lowest BCUT2D eigenvalue weighted by Gasteiger charge is -2.09. The van der Waals surface area contributed by atoms with Gasteiger partial charge in [-0.15, -0.1) is 0 Å². The largest absolute Gasteiger partial charge is 0.394 e. The summed E-state index contributed by atoms with van der Waals surface area (Å²) in [6.07, 6.45) is 2.29. The molecule has 0 saturated heterocycles. The van der Waals surface area contributed by atoms with Crippen molar-refractivity contribution in [2.45, 2.75) is 17.7 Å². The fourth-order valence-electron chi connectivity index (χ4n) is 1.62. The summed E-state index contributed by atoms with van der Waals surface area (Å²) in [7, 11) is -4.07. The van der Waals surface area contributed by atoms with Crippen LogP contribution in [0.4, 0.5) is 14.5 Å². The lowest BCUT2D eigenvalue weighted by molar-refractivity contribution is 0.129. The van der Waals surface area contributed by atoms with E-state index in [4.69, 9.17) is 10.5 Å². The predicted octanol–water partition coefficient (Wildman–Crippen LogP) is 1.25. The van der Waals surface area contributed by atoms with Crippen LogP contribution in [-0.4, -0.2) is 28.2 Å². The van der Waals surface area contributed by atoms with Gasteiger partial charge in [0.25, 0.3) is 0 Å². The molecule has 0 spiro atoms. The standard InChI is InChI=1S/C12H16F2N2O3S/c13-9-3-4-10(11(14)12(9)15)20(17,18)16-5-6-19-7-8-1-2-8/h3-4,8,16H,1-2,5-7,15H2. The minimum atomic E-state index is -4.07. The molecule has 0 aliphatic heterocycles. The number of halogens is 2. The summed E-state index contributed by atoms with van der Waals surface area (Å²) in [5.41, 5.74) is 4.32. The summed E-state index contributed by atoms with van der Waals surface area (Å²) in [5, 5.41) is 0. The first-order chi connectivity index (χ1) is 9.42. The van der Waals surface area contributed by atoms with Crippen LogP contribution < -0.4 is 10.5 Å². The number of rotatable bonds is 7. The third kappa shape index (κ3) is 3.65. The van der Waals surface area contributed by atoms with Crippen LogP contribution in [0.15, 0.2) is 17.0 Å².